The molecule has 0 atom stereocenters. The summed E-state index contributed by atoms with van der Waals surface area (Å²) >= 11 is 7.58. The van der Waals surface area contributed by atoms with E-state index in [4.69, 9.17) is 9.47 Å². The van der Waals surface area contributed by atoms with Crippen LogP contribution in [0.25, 0.3) is 125 Å². The minimum Gasteiger partial charge on any atom is -0.457 e. The summed E-state index contributed by atoms with van der Waals surface area (Å²) in [6.07, 6.45) is 0. The van der Waals surface area contributed by atoms with E-state index in [2.05, 4.69) is 414 Å². The Morgan fingerprint density at radius 1 is 0.210 bits per heavy atom. The van der Waals surface area contributed by atoms with Crippen molar-refractivity contribution >= 4 is 160 Å². The molecule has 124 heavy (non-hydrogen) atoms. The first kappa shape index (κ1) is 70.7. The molecule has 0 unspecified atom stereocenters. The van der Waals surface area contributed by atoms with Crippen LogP contribution in [0.2, 0.25) is 0 Å². The number of hydrogen-bond donors (Lipinski definition) is 0. The van der Waals surface area contributed by atoms with E-state index in [0.29, 0.717) is 0 Å². The van der Waals surface area contributed by atoms with Gasteiger partial charge >= 0.3 is 0 Å². The van der Waals surface area contributed by atoms with E-state index in [1.807, 2.05) is 45.3 Å². The highest BCUT2D eigenvalue weighted by molar-refractivity contribution is 7.27. The molecule has 0 N–H and O–H groups in total. The van der Waals surface area contributed by atoms with Gasteiger partial charge in [-0.15, -0.1) is 45.3 Å². The zero-order chi connectivity index (χ0) is 81.8. The second kappa shape index (κ2) is 25.8. The largest absolute Gasteiger partial charge is 0.457 e. The van der Waals surface area contributed by atoms with Crippen LogP contribution >= 0.6 is 45.3 Å². The van der Waals surface area contributed by atoms with E-state index in [-0.39, 0.29) is 10.8 Å². The molecule has 18 aromatic carbocycles. The quantitative estimate of drug-likeness (QED) is 0.166. The first-order valence-corrected chi connectivity index (χ1v) is 46.1. The third-order valence-corrected chi connectivity index (χ3v) is 32.8. The summed E-state index contributed by atoms with van der Waals surface area (Å²) in [6, 6.07) is 140. The zero-order valence-corrected chi connectivity index (χ0v) is 71.4. The number of nitrogens with zero attached hydrogens (tertiary/aromatic N) is 2. The fourth-order valence-corrected chi connectivity index (χ4v) is 27.6. The Morgan fingerprint density at radius 3 is 1.13 bits per heavy atom. The molecule has 28 rings (SSSR count). The van der Waals surface area contributed by atoms with E-state index in [0.717, 1.165) is 28.7 Å². The van der Waals surface area contributed by atoms with Crippen molar-refractivity contribution in [2.24, 2.45) is 0 Å². The van der Waals surface area contributed by atoms with Gasteiger partial charge in [-0.2, -0.15) is 0 Å². The summed E-state index contributed by atoms with van der Waals surface area (Å²) in [5.74, 6) is 3.66. The maximum absolute atomic E-state index is 6.66. The van der Waals surface area contributed by atoms with Crippen molar-refractivity contribution in [2.45, 2.75) is 49.4 Å². The van der Waals surface area contributed by atoms with E-state index in [9.17, 15) is 0 Å². The Labute approximate surface area is 733 Å². The number of ether oxygens (including phenoxy) is 2. The number of para-hydroxylation sites is 4. The number of hydrogen-bond acceptors (Lipinski definition) is 8. The first-order valence-electron chi connectivity index (χ1n) is 42.8. The lowest BCUT2D eigenvalue weighted by Crippen LogP contribution is -2.32. The molecule has 0 bridgehead atoms. The molecule has 6 heterocycles. The molecule has 0 saturated heterocycles. The van der Waals surface area contributed by atoms with Gasteiger partial charge in [0.05, 0.1) is 38.3 Å². The first-order chi connectivity index (χ1) is 61.0. The SMILES string of the molecule is CC1(C)c2ccccc2-c2c(N(c3ccc4c(c3)sc3ccccc34)c3cccc4sc5cc6c(cc5c34)-c3ccccc3C63c4ccccc4Oc4ccccc43)cccc21.CC1(C)c2ccccc2-c2ccc(N(c3cccc4c3sc3ccccc34)c3cccc4sc5cc6c(cc5c34)-c3ccccc3C63c4ccccc4Oc4ccccc43)cc21. The molecule has 0 saturated carbocycles. The van der Waals surface area contributed by atoms with Crippen molar-refractivity contribution < 1.29 is 9.47 Å². The highest BCUT2D eigenvalue weighted by Gasteiger charge is 2.54. The van der Waals surface area contributed by atoms with Crippen LogP contribution < -0.4 is 19.3 Å². The van der Waals surface area contributed by atoms with E-state index < -0.39 is 10.8 Å². The Hall–Kier alpha value is -14.0. The minimum absolute atomic E-state index is 0.130. The molecular weight excluding hydrogens is 1580 g/mol. The number of benzene rings is 18. The molecule has 4 aromatic heterocycles. The maximum atomic E-state index is 6.66. The molecule has 0 amide bonds. The predicted molar refractivity (Wildman–Crippen MR) is 524 cm³/mol. The lowest BCUT2D eigenvalue weighted by atomic mass is 9.66. The second-order valence-electron chi connectivity index (χ2n) is 35.0. The fourth-order valence-electron chi connectivity index (χ4n) is 23.0. The Bertz CT molecular complexity index is 8360. The predicted octanol–water partition coefficient (Wildman–Crippen LogP) is 33.3. The highest BCUT2D eigenvalue weighted by Crippen LogP contribution is 2.67. The van der Waals surface area contributed by atoms with Crippen LogP contribution in [0.5, 0.6) is 23.0 Å². The van der Waals surface area contributed by atoms with E-state index in [1.165, 1.54) is 220 Å². The van der Waals surface area contributed by atoms with Crippen molar-refractivity contribution in [1.82, 2.24) is 0 Å². The van der Waals surface area contributed by atoms with Crippen LogP contribution in [-0.2, 0) is 21.7 Å². The Morgan fingerprint density at radius 2 is 0.565 bits per heavy atom. The summed E-state index contributed by atoms with van der Waals surface area (Å²) in [5, 5.41) is 10.3. The molecule has 4 nitrogen and oxygen atoms in total. The average molecular weight is 1660 g/mol. The maximum Gasteiger partial charge on any atom is 0.132 e. The fraction of sp³-hybridized carbons (Fsp3) is 0.0690. The van der Waals surface area contributed by atoms with Gasteiger partial charge in [0.2, 0.25) is 0 Å². The summed E-state index contributed by atoms with van der Waals surface area (Å²) in [4.78, 5) is 5.14. The molecular formula is C116H74N2O2S4. The van der Waals surface area contributed by atoms with Crippen LogP contribution in [0.1, 0.15) is 94.5 Å². The van der Waals surface area contributed by atoms with Gasteiger partial charge in [-0.25, -0.2) is 0 Å². The Balaban J connectivity index is 0.000000130. The third-order valence-electron chi connectivity index (χ3n) is 28.3. The number of anilines is 6. The minimum atomic E-state index is -0.513. The van der Waals surface area contributed by atoms with Crippen LogP contribution in [0.4, 0.5) is 34.1 Å². The smallest absolute Gasteiger partial charge is 0.132 e. The number of thiophene rings is 4. The zero-order valence-electron chi connectivity index (χ0n) is 68.1. The van der Waals surface area contributed by atoms with Crippen molar-refractivity contribution in [1.29, 1.82) is 0 Å². The van der Waals surface area contributed by atoms with Gasteiger partial charge in [0.15, 0.2) is 0 Å². The van der Waals surface area contributed by atoms with Gasteiger partial charge in [0.1, 0.15) is 23.0 Å². The number of rotatable bonds is 6. The standard InChI is InChI=1S/2C58H37NOS2/c1-57(2)41-18-6-4-17-38(41)55-45(57)22-13-23-47(55)59(34-29-30-37-36-16-5-12-27-51(36)61-53(37)31-34)48-24-14-28-52-56(48)40-32-39-35-15-3-7-19-42(35)58(46(39)33-54(40)62-52)43-20-8-10-25-49(43)60-50-26-11-9-21-44(50)58;1-57(2)42-19-6-3-15-35(42)37-30-29-34(31-46(37)57)59(49-24-13-18-39-38-17-5-12-27-52(38)62-56(39)49)48-23-14-28-53-55(48)41-32-40-36-16-4-7-20-43(36)58(47(40)33-54(41)61-53)44-21-8-10-25-50(44)60-51-26-11-9-22-45(51)58/h2*3-33H,1-2H3. The topological polar surface area (TPSA) is 24.9 Å². The molecule has 22 aromatic rings. The summed E-state index contributed by atoms with van der Waals surface area (Å²) in [5.41, 5.74) is 31.7. The van der Waals surface area contributed by atoms with Crippen molar-refractivity contribution in [3.8, 4) is 67.5 Å². The van der Waals surface area contributed by atoms with Gasteiger partial charge in [0.25, 0.3) is 0 Å². The van der Waals surface area contributed by atoms with E-state index >= 15 is 0 Å². The average Bonchev–Trinajstić information content (AvgIpc) is 1.51. The molecule has 4 aliphatic carbocycles. The molecule has 0 fully saturated rings. The van der Waals surface area contributed by atoms with Gasteiger partial charge in [-0.3, -0.25) is 0 Å². The Kier molecular flexibility index (Phi) is 14.7. The summed E-state index contributed by atoms with van der Waals surface area (Å²) in [7, 11) is 0. The second-order valence-corrected chi connectivity index (χ2v) is 39.3. The number of fused-ring (bicyclic) bond motifs is 36. The molecule has 8 heteroatoms. The molecule has 2 spiro atoms. The molecule has 0 radical (unpaired) electrons. The van der Waals surface area contributed by atoms with E-state index in [1.54, 1.807) is 0 Å². The van der Waals surface area contributed by atoms with Gasteiger partial charge in [-0.1, -0.05) is 282 Å². The molecule has 6 aliphatic rings. The van der Waals surface area contributed by atoms with Crippen LogP contribution in [0.15, 0.2) is 376 Å². The molecule has 2 aliphatic heterocycles. The molecule has 584 valence electrons. The lowest BCUT2D eigenvalue weighted by Gasteiger charge is -2.39. The van der Waals surface area contributed by atoms with Gasteiger partial charge < -0.3 is 19.3 Å². The van der Waals surface area contributed by atoms with Gasteiger partial charge in [0, 0.05) is 126 Å². The van der Waals surface area contributed by atoms with Crippen LogP contribution in [-0.4, -0.2) is 0 Å². The highest BCUT2D eigenvalue weighted by atomic mass is 32.1. The van der Waals surface area contributed by atoms with Crippen LogP contribution in [0.3, 0.4) is 0 Å². The van der Waals surface area contributed by atoms with Crippen molar-refractivity contribution in [3.05, 3.63) is 443 Å². The van der Waals surface area contributed by atoms with Crippen LogP contribution in [0, 0.1) is 0 Å². The monoisotopic (exact) mass is 1650 g/mol. The normalized spacial score (nSPS) is 14.7. The summed E-state index contributed by atoms with van der Waals surface area (Å²) in [6.45, 7) is 9.52. The van der Waals surface area contributed by atoms with Gasteiger partial charge in [-0.05, 0) is 205 Å². The van der Waals surface area contributed by atoms with Crippen molar-refractivity contribution in [2.75, 3.05) is 9.80 Å². The van der Waals surface area contributed by atoms with Crippen molar-refractivity contribution in [3.63, 3.8) is 0 Å². The third kappa shape index (κ3) is 9.44. The summed E-state index contributed by atoms with van der Waals surface area (Å²) < 4.78 is 23.6. The lowest BCUT2D eigenvalue weighted by molar-refractivity contribution is 0.436.